The number of nitrogens with one attached hydrogen (secondary N) is 5. The first-order valence-electron chi connectivity index (χ1n) is 25.7. The predicted octanol–water partition coefficient (Wildman–Crippen LogP) is 3.24. The van der Waals surface area contributed by atoms with Gasteiger partial charge in [0.2, 0.25) is 12.2 Å². The van der Waals surface area contributed by atoms with Gasteiger partial charge in [-0.3, -0.25) is 14.9 Å². The van der Waals surface area contributed by atoms with Crippen molar-refractivity contribution in [2.75, 3.05) is 26.7 Å². The van der Waals surface area contributed by atoms with E-state index in [1.165, 1.54) is 44.3 Å². The third kappa shape index (κ3) is 21.0. The van der Waals surface area contributed by atoms with Crippen LogP contribution in [-0.2, 0) is 54.0 Å². The van der Waals surface area contributed by atoms with E-state index in [0.717, 1.165) is 4.90 Å². The molecule has 1 saturated heterocycles. The van der Waals surface area contributed by atoms with Crippen LogP contribution in [0.15, 0.2) is 36.1 Å². The molecular weight excluding hydrogens is 1050 g/mol. The fraction of sp³-hybridized carbons (Fsp3) is 0.725. The maximum atomic E-state index is 13.9. The zero-order chi connectivity index (χ0) is 59.6. The largest absolute Gasteiger partial charge is 0.465 e. The van der Waals surface area contributed by atoms with Crippen molar-refractivity contribution in [3.05, 3.63) is 51.8 Å². The SMILES string of the molecule is CN(C(=O)OC(C)(C)C)[C@@H]1[C@@H](O)[C@@H](O[C@@H]2[C@@H](O)[C@H](O[C@H]3OC(CNC(=O)OCc4ccc([N+](=O)[O-])cc4)=CC[C@H]3NC(=O)OC(C)(C)C)[C@@H](NC(=O)OC(C)(C)C)C[C@H]2NC(=O)[C@@H](O)CCNC(=O)OC(C)(C)C)OC[C@]1(C)O. The maximum Gasteiger partial charge on any atom is 0.410 e. The van der Waals surface area contributed by atoms with Gasteiger partial charge in [0.15, 0.2) is 6.29 Å². The minimum atomic E-state index is -2.00. The normalized spacial score (nSPS) is 26.8. The minimum Gasteiger partial charge on any atom is -0.465 e. The molecule has 1 saturated carbocycles. The topological polar surface area (TPSA) is 373 Å². The molecular formula is C51H81N7O21. The Morgan fingerprint density at radius 3 is 1.81 bits per heavy atom. The van der Waals surface area contributed by atoms with Crippen LogP contribution in [0.3, 0.4) is 0 Å². The lowest BCUT2D eigenvalue weighted by Gasteiger charge is -2.50. The van der Waals surface area contributed by atoms with Crippen LogP contribution in [0.5, 0.6) is 0 Å². The molecule has 0 radical (unpaired) electrons. The number of rotatable bonds is 17. The van der Waals surface area contributed by atoms with E-state index in [1.807, 2.05) is 0 Å². The second kappa shape index (κ2) is 26.8. The number of aliphatic hydroxyl groups excluding tert-OH is 3. The van der Waals surface area contributed by atoms with Crippen LogP contribution in [0.2, 0.25) is 0 Å². The highest BCUT2D eigenvalue weighted by Crippen LogP contribution is 2.35. The van der Waals surface area contributed by atoms with Crippen molar-refractivity contribution in [3.8, 4) is 0 Å². The van der Waals surface area contributed by atoms with Crippen molar-refractivity contribution in [1.29, 1.82) is 0 Å². The molecule has 2 heterocycles. The molecule has 28 nitrogen and oxygen atoms in total. The maximum absolute atomic E-state index is 13.9. The number of nitro groups is 1. The van der Waals surface area contributed by atoms with Crippen LogP contribution in [-0.4, -0.2) is 189 Å². The standard InChI is InChI=1S/C51H81N7O21/c1-47(2,3)76-43(64)52-22-21-33(59)39(62)54-31-23-32(56-45(66)78-49(7,8)9)37(34(60)36(31)75-41-35(61)38(51(13,68)26-72-41)57(14)46(67)79-50(10,11)12)74-40-30(55-44(65)77-48(4,5)6)20-19-29(73-40)24-53-42(63)71-25-27-15-17-28(18-16-27)58(69)70/h15-19,30-38,40-41,59-61,68H,20-26H2,1-14H3,(H,52,64)(H,53,63)(H,54,62)(H,55,65)(H,56,66)/t30-,31-,32+,33+,34-,35-,36+,37-,38-,40-,41-,51+/m1/s1. The van der Waals surface area contributed by atoms with Gasteiger partial charge in [0, 0.05) is 25.7 Å². The van der Waals surface area contributed by atoms with Crippen LogP contribution in [0.25, 0.3) is 0 Å². The second-order valence-electron chi connectivity index (χ2n) is 23.6. The summed E-state index contributed by atoms with van der Waals surface area (Å²) in [5, 5.41) is 71.3. The predicted molar refractivity (Wildman–Crippen MR) is 276 cm³/mol. The van der Waals surface area contributed by atoms with E-state index >= 15 is 0 Å². The van der Waals surface area contributed by atoms with Crippen molar-refractivity contribution in [3.63, 3.8) is 0 Å². The van der Waals surface area contributed by atoms with Crippen LogP contribution in [0.1, 0.15) is 115 Å². The molecule has 2 fully saturated rings. The van der Waals surface area contributed by atoms with Crippen LogP contribution < -0.4 is 26.6 Å². The number of benzene rings is 1. The molecule has 9 N–H and O–H groups in total. The molecule has 3 aliphatic rings. The van der Waals surface area contributed by atoms with Gasteiger partial charge in [0.05, 0.1) is 42.2 Å². The smallest absolute Gasteiger partial charge is 0.410 e. The third-order valence-electron chi connectivity index (χ3n) is 11.7. The number of alkyl carbamates (subject to hydrolysis) is 4. The molecule has 1 aromatic rings. The van der Waals surface area contributed by atoms with Crippen LogP contribution in [0, 0.1) is 10.1 Å². The molecule has 0 unspecified atom stereocenters. The van der Waals surface area contributed by atoms with E-state index in [-0.39, 0.29) is 44.0 Å². The number of non-ortho nitro benzene ring substituents is 1. The lowest BCUT2D eigenvalue weighted by molar-refractivity contribution is -0.384. The Kier molecular flexibility index (Phi) is 22.1. The van der Waals surface area contributed by atoms with Gasteiger partial charge in [-0.25, -0.2) is 24.0 Å². The molecule has 4 rings (SSSR count). The number of hydrogen-bond acceptors (Lipinski definition) is 21. The summed E-state index contributed by atoms with van der Waals surface area (Å²) in [5.41, 5.74) is -5.49. The number of hydrogen-bond donors (Lipinski definition) is 9. The Morgan fingerprint density at radius 1 is 0.747 bits per heavy atom. The molecule has 2 aliphatic heterocycles. The Labute approximate surface area is 458 Å². The highest BCUT2D eigenvalue weighted by molar-refractivity contribution is 5.81. The lowest BCUT2D eigenvalue weighted by Crippen LogP contribution is -2.71. The molecule has 12 atom stereocenters. The number of likely N-dealkylation sites (N-methyl/N-ethyl adjacent to an activating group) is 1. The molecule has 0 spiro atoms. The van der Waals surface area contributed by atoms with E-state index in [1.54, 1.807) is 83.1 Å². The number of ether oxygens (including phenoxy) is 9. The van der Waals surface area contributed by atoms with Gasteiger partial charge in [0.1, 0.15) is 70.9 Å². The van der Waals surface area contributed by atoms with Gasteiger partial charge < -0.3 is 94.5 Å². The summed E-state index contributed by atoms with van der Waals surface area (Å²) in [7, 11) is 1.28. The first-order valence-corrected chi connectivity index (χ1v) is 25.7. The summed E-state index contributed by atoms with van der Waals surface area (Å²) in [5.74, 6) is -0.964. The first-order chi connectivity index (χ1) is 36.3. The Morgan fingerprint density at radius 2 is 1.27 bits per heavy atom. The third-order valence-corrected chi connectivity index (χ3v) is 11.7. The highest BCUT2D eigenvalue weighted by atomic mass is 16.7. The number of aliphatic hydroxyl groups is 4. The average molecular weight is 1130 g/mol. The zero-order valence-electron chi connectivity index (χ0n) is 47.3. The zero-order valence-corrected chi connectivity index (χ0v) is 47.3. The van der Waals surface area contributed by atoms with Gasteiger partial charge in [-0.15, -0.1) is 0 Å². The molecule has 1 aliphatic carbocycles. The van der Waals surface area contributed by atoms with Gasteiger partial charge in [-0.1, -0.05) is 0 Å². The monoisotopic (exact) mass is 1130 g/mol. The van der Waals surface area contributed by atoms with Crippen molar-refractivity contribution in [1.82, 2.24) is 31.5 Å². The molecule has 79 heavy (non-hydrogen) atoms. The quantitative estimate of drug-likeness (QED) is 0.0614. The molecule has 0 aromatic heterocycles. The molecule has 28 heteroatoms. The van der Waals surface area contributed by atoms with E-state index in [0.29, 0.717) is 5.56 Å². The van der Waals surface area contributed by atoms with E-state index in [9.17, 15) is 59.3 Å². The lowest BCUT2D eigenvalue weighted by atomic mass is 9.82. The van der Waals surface area contributed by atoms with Crippen molar-refractivity contribution in [2.24, 2.45) is 0 Å². The summed E-state index contributed by atoms with van der Waals surface area (Å²) in [4.78, 5) is 90.9. The van der Waals surface area contributed by atoms with Crippen molar-refractivity contribution >= 4 is 42.1 Å². The summed E-state index contributed by atoms with van der Waals surface area (Å²) < 4.78 is 52.2. The van der Waals surface area contributed by atoms with Gasteiger partial charge in [-0.2, -0.15) is 0 Å². The van der Waals surface area contributed by atoms with Crippen molar-refractivity contribution in [2.45, 2.75) is 211 Å². The van der Waals surface area contributed by atoms with E-state index in [4.69, 9.17) is 42.6 Å². The molecule has 446 valence electrons. The number of carbonyl (C=O) groups excluding carboxylic acids is 6. The summed E-state index contributed by atoms with van der Waals surface area (Å²) in [6.45, 7) is 19.5. The summed E-state index contributed by atoms with van der Waals surface area (Å²) in [6.07, 6.45) is -16.3. The van der Waals surface area contributed by atoms with Gasteiger partial charge in [-0.05, 0) is 133 Å². The van der Waals surface area contributed by atoms with Gasteiger partial charge >= 0.3 is 30.5 Å². The number of nitrogens with zero attached hydrogens (tertiary/aromatic N) is 2. The second-order valence-corrected chi connectivity index (χ2v) is 23.6. The van der Waals surface area contributed by atoms with Gasteiger partial charge in [0.25, 0.3) is 5.69 Å². The number of nitro benzene ring substituents is 1. The van der Waals surface area contributed by atoms with Crippen LogP contribution >= 0.6 is 0 Å². The molecule has 1 aromatic carbocycles. The minimum absolute atomic E-state index is 0.0420. The van der Waals surface area contributed by atoms with Crippen molar-refractivity contribution < 1.29 is 96.7 Å². The Bertz CT molecular complexity index is 2310. The Balaban J connectivity index is 1.73. The van der Waals surface area contributed by atoms with E-state index in [2.05, 4.69) is 26.6 Å². The summed E-state index contributed by atoms with van der Waals surface area (Å²) in [6, 6.07) is -0.0245. The highest BCUT2D eigenvalue weighted by Gasteiger charge is 2.55. The number of carbonyl (C=O) groups is 6. The average Bonchev–Trinajstić information content (AvgIpc) is 3.31. The van der Waals surface area contributed by atoms with Crippen LogP contribution in [0.4, 0.5) is 29.7 Å². The molecule has 6 amide bonds. The first kappa shape index (κ1) is 65.2. The summed E-state index contributed by atoms with van der Waals surface area (Å²) >= 11 is 0. The van der Waals surface area contributed by atoms with E-state index < -0.39 is 150 Å². The Hall–Kier alpha value is -6.30. The molecule has 0 bridgehead atoms. The fourth-order valence-corrected chi connectivity index (χ4v) is 8.35. The number of amides is 6. The fourth-order valence-electron chi connectivity index (χ4n) is 8.35.